The van der Waals surface area contributed by atoms with Crippen LogP contribution in [0.3, 0.4) is 0 Å². The summed E-state index contributed by atoms with van der Waals surface area (Å²) in [6, 6.07) is 21.4. The maximum Gasteiger partial charge on any atom is 0.132 e. The second-order valence-corrected chi connectivity index (χ2v) is 7.91. The minimum absolute atomic E-state index is 0.127. The molecule has 0 spiro atoms. The van der Waals surface area contributed by atoms with Crippen molar-refractivity contribution in [3.05, 3.63) is 60.7 Å². The molecule has 2 aromatic rings. The molecular weight excluding hydrogens is 275 g/mol. The van der Waals surface area contributed by atoms with Gasteiger partial charge in [-0.1, -0.05) is 74.5 Å². The molecule has 0 N–H and O–H groups in total. The van der Waals surface area contributed by atoms with Gasteiger partial charge in [-0.25, -0.2) is 0 Å². The number of ketones is 1. The highest BCUT2D eigenvalue weighted by atomic mass is 31.1. The van der Waals surface area contributed by atoms with Gasteiger partial charge in [0.2, 0.25) is 0 Å². The number of carbonyl (C=O) groups excluding carboxylic acids is 1. The van der Waals surface area contributed by atoms with Crippen molar-refractivity contribution in [1.82, 2.24) is 0 Å². The Morgan fingerprint density at radius 3 is 1.71 bits per heavy atom. The Balaban J connectivity index is 2.27. The molecule has 0 heterocycles. The zero-order valence-corrected chi connectivity index (χ0v) is 13.9. The summed E-state index contributed by atoms with van der Waals surface area (Å²) in [6.07, 6.45) is 1.06. The minimum Gasteiger partial charge on any atom is -0.300 e. The van der Waals surface area contributed by atoms with E-state index in [-0.39, 0.29) is 5.92 Å². The summed E-state index contributed by atoms with van der Waals surface area (Å²) in [5, 5.41) is 2.78. The SMILES string of the molecule is CC(=O)C(C)C(C)CP(c1ccccc1)c1ccccc1. The minimum atomic E-state index is -0.400. The molecule has 110 valence electrons. The lowest BCUT2D eigenvalue weighted by Gasteiger charge is -2.25. The van der Waals surface area contributed by atoms with E-state index in [4.69, 9.17) is 0 Å². The van der Waals surface area contributed by atoms with Crippen molar-refractivity contribution in [2.45, 2.75) is 20.8 Å². The van der Waals surface area contributed by atoms with E-state index in [0.717, 1.165) is 6.16 Å². The van der Waals surface area contributed by atoms with Crippen molar-refractivity contribution in [1.29, 1.82) is 0 Å². The largest absolute Gasteiger partial charge is 0.300 e. The van der Waals surface area contributed by atoms with Gasteiger partial charge >= 0.3 is 0 Å². The van der Waals surface area contributed by atoms with Crippen molar-refractivity contribution >= 4 is 24.3 Å². The molecule has 2 unspecified atom stereocenters. The van der Waals surface area contributed by atoms with Crippen LogP contribution in [-0.4, -0.2) is 11.9 Å². The lowest BCUT2D eigenvalue weighted by atomic mass is 9.94. The van der Waals surface area contributed by atoms with Crippen LogP contribution in [0.25, 0.3) is 0 Å². The van der Waals surface area contributed by atoms with Crippen LogP contribution < -0.4 is 10.6 Å². The van der Waals surface area contributed by atoms with Gasteiger partial charge in [-0.2, -0.15) is 0 Å². The van der Waals surface area contributed by atoms with Crippen LogP contribution >= 0.6 is 7.92 Å². The number of hydrogen-bond donors (Lipinski definition) is 0. The number of hydrogen-bond acceptors (Lipinski definition) is 1. The third-order valence-corrected chi connectivity index (χ3v) is 6.89. The monoisotopic (exact) mass is 298 g/mol. The van der Waals surface area contributed by atoms with Crippen LogP contribution in [0, 0.1) is 11.8 Å². The van der Waals surface area contributed by atoms with Crippen molar-refractivity contribution in [2.75, 3.05) is 6.16 Å². The fraction of sp³-hybridized carbons (Fsp3) is 0.316. The van der Waals surface area contributed by atoms with E-state index in [9.17, 15) is 4.79 Å². The molecule has 2 rings (SSSR count). The van der Waals surface area contributed by atoms with Gasteiger partial charge in [0.15, 0.2) is 0 Å². The molecule has 0 fully saturated rings. The number of Topliss-reactive ketones (excluding diaryl/α,β-unsaturated/α-hetero) is 1. The standard InChI is InChI=1S/C19H23OP/c1-15(16(2)17(3)20)14-21(18-10-6-4-7-11-18)19-12-8-5-9-13-19/h4-13,15-16H,14H2,1-3H3. The third-order valence-electron chi connectivity index (χ3n) is 4.10. The average Bonchev–Trinajstić information content (AvgIpc) is 2.53. The Bertz CT molecular complexity index is 525. The fourth-order valence-electron chi connectivity index (χ4n) is 2.42. The number of benzene rings is 2. The topological polar surface area (TPSA) is 17.1 Å². The van der Waals surface area contributed by atoms with E-state index >= 15 is 0 Å². The molecule has 0 bridgehead atoms. The summed E-state index contributed by atoms with van der Waals surface area (Å²) in [6.45, 7) is 5.96. The Labute approximate surface area is 129 Å². The van der Waals surface area contributed by atoms with Crippen molar-refractivity contribution in [3.8, 4) is 0 Å². The second-order valence-electron chi connectivity index (χ2n) is 5.66. The van der Waals surface area contributed by atoms with Gasteiger partial charge in [0.25, 0.3) is 0 Å². The zero-order valence-electron chi connectivity index (χ0n) is 13.0. The molecule has 1 nitrogen and oxygen atoms in total. The van der Waals surface area contributed by atoms with Gasteiger partial charge in [-0.3, -0.25) is 4.79 Å². The van der Waals surface area contributed by atoms with E-state index in [0.29, 0.717) is 11.7 Å². The summed E-state index contributed by atoms with van der Waals surface area (Å²) < 4.78 is 0. The molecule has 0 amide bonds. The van der Waals surface area contributed by atoms with Crippen molar-refractivity contribution < 1.29 is 4.79 Å². The fourth-order valence-corrected chi connectivity index (χ4v) is 5.10. The number of rotatable bonds is 6. The molecular formula is C19H23OP. The van der Waals surface area contributed by atoms with E-state index < -0.39 is 7.92 Å². The van der Waals surface area contributed by atoms with Crippen LogP contribution in [-0.2, 0) is 4.79 Å². The molecule has 21 heavy (non-hydrogen) atoms. The maximum atomic E-state index is 11.6. The zero-order chi connectivity index (χ0) is 15.2. The van der Waals surface area contributed by atoms with E-state index in [1.807, 2.05) is 0 Å². The highest BCUT2D eigenvalue weighted by molar-refractivity contribution is 7.73. The predicted molar refractivity (Wildman–Crippen MR) is 92.9 cm³/mol. The van der Waals surface area contributed by atoms with Crippen LogP contribution in [0.1, 0.15) is 20.8 Å². The second kappa shape index (κ2) is 7.52. The molecule has 0 aliphatic heterocycles. The summed E-state index contributed by atoms with van der Waals surface area (Å²) in [5.74, 6) is 0.815. The summed E-state index contributed by atoms with van der Waals surface area (Å²) in [4.78, 5) is 11.6. The highest BCUT2D eigenvalue weighted by Crippen LogP contribution is 2.37. The Hall–Kier alpha value is -1.46. The van der Waals surface area contributed by atoms with E-state index in [1.54, 1.807) is 6.92 Å². The molecule has 0 radical (unpaired) electrons. The van der Waals surface area contributed by atoms with Gasteiger partial charge in [0, 0.05) is 5.92 Å². The van der Waals surface area contributed by atoms with Crippen LogP contribution in [0.4, 0.5) is 0 Å². The van der Waals surface area contributed by atoms with E-state index in [1.165, 1.54) is 10.6 Å². The van der Waals surface area contributed by atoms with Crippen LogP contribution in [0.2, 0.25) is 0 Å². The Kier molecular flexibility index (Phi) is 5.70. The summed E-state index contributed by atoms with van der Waals surface area (Å²) in [5.41, 5.74) is 0. The highest BCUT2D eigenvalue weighted by Gasteiger charge is 2.22. The molecule has 0 saturated heterocycles. The number of carbonyl (C=O) groups is 1. The van der Waals surface area contributed by atoms with Gasteiger partial charge in [0.1, 0.15) is 5.78 Å². The van der Waals surface area contributed by atoms with Gasteiger partial charge in [-0.05, 0) is 37.5 Å². The molecule has 2 aromatic carbocycles. The van der Waals surface area contributed by atoms with Crippen molar-refractivity contribution in [2.24, 2.45) is 11.8 Å². The molecule has 2 heteroatoms. The van der Waals surface area contributed by atoms with E-state index in [2.05, 4.69) is 74.5 Å². The normalized spacial score (nSPS) is 13.9. The molecule has 0 aliphatic carbocycles. The first-order valence-electron chi connectivity index (χ1n) is 7.47. The quantitative estimate of drug-likeness (QED) is 0.737. The summed E-state index contributed by atoms with van der Waals surface area (Å²) in [7, 11) is -0.400. The van der Waals surface area contributed by atoms with Gasteiger partial charge in [-0.15, -0.1) is 0 Å². The molecule has 0 aliphatic rings. The Morgan fingerprint density at radius 2 is 1.33 bits per heavy atom. The van der Waals surface area contributed by atoms with Crippen molar-refractivity contribution in [3.63, 3.8) is 0 Å². The van der Waals surface area contributed by atoms with Crippen LogP contribution in [0.15, 0.2) is 60.7 Å². The van der Waals surface area contributed by atoms with Crippen LogP contribution in [0.5, 0.6) is 0 Å². The predicted octanol–water partition coefficient (Wildman–Crippen LogP) is 3.98. The van der Waals surface area contributed by atoms with Gasteiger partial charge in [0.05, 0.1) is 0 Å². The first-order chi connectivity index (χ1) is 10.1. The third kappa shape index (κ3) is 4.25. The maximum absolute atomic E-state index is 11.6. The molecule has 0 saturated carbocycles. The average molecular weight is 298 g/mol. The van der Waals surface area contributed by atoms with Gasteiger partial charge < -0.3 is 0 Å². The lowest BCUT2D eigenvalue weighted by Crippen LogP contribution is -2.23. The molecule has 0 aromatic heterocycles. The molecule has 2 atom stereocenters. The summed E-state index contributed by atoms with van der Waals surface area (Å²) >= 11 is 0. The first-order valence-corrected chi connectivity index (χ1v) is 9.00. The first kappa shape index (κ1) is 15.9. The smallest absolute Gasteiger partial charge is 0.132 e. The Morgan fingerprint density at radius 1 is 0.905 bits per heavy atom. The lowest BCUT2D eigenvalue weighted by molar-refractivity contribution is -0.121.